The summed E-state index contributed by atoms with van der Waals surface area (Å²) >= 11 is 0. The van der Waals surface area contributed by atoms with Crippen molar-refractivity contribution in [2.75, 3.05) is 13.2 Å². The van der Waals surface area contributed by atoms with Gasteiger partial charge in [0.25, 0.3) is 5.69 Å². The number of carbonyl (C=O) groups is 1. The maximum atomic E-state index is 11.9. The SMILES string of the molecule is O=C(CCc1cccc([N+](=O)[O-])c1)NCCCCCCOP(=O)(O)OP(=O)(O)OP(=O)(O)OP(=O)(O)OP(=O)(O)OP(=O)(O)O. The van der Waals surface area contributed by atoms with E-state index in [4.69, 9.17) is 14.7 Å². The van der Waals surface area contributed by atoms with E-state index in [1.54, 1.807) is 6.07 Å². The standard InChI is InChI=1S/C15H28N2O22P6/c18-15(9-8-13-6-5-7-14(12-13)17(19)20)16-10-3-1-2-4-11-34-41(24,25)36-43(28,29)38-45(32,33)39-44(30,31)37-42(26,27)35-40(21,22)23/h5-7,12H,1-4,8-11H2,(H,16,18)(H,24,25)(H,26,27)(H,28,29)(H,30,31)(H,32,33)(H2,21,22,23). The fourth-order valence-corrected chi connectivity index (χ4v) is 10.2. The Morgan fingerprint density at radius 2 is 1.22 bits per heavy atom. The molecule has 0 bridgehead atoms. The molecule has 45 heavy (non-hydrogen) atoms. The van der Waals surface area contributed by atoms with Crippen molar-refractivity contribution in [3.63, 3.8) is 0 Å². The van der Waals surface area contributed by atoms with Crippen molar-refractivity contribution in [2.24, 2.45) is 0 Å². The second-order valence-electron chi connectivity index (χ2n) is 8.27. The molecule has 1 aromatic rings. The van der Waals surface area contributed by atoms with Crippen molar-refractivity contribution in [3.05, 3.63) is 39.9 Å². The Kier molecular flexibility index (Phi) is 16.2. The molecule has 0 aromatic heterocycles. The third kappa shape index (κ3) is 20.0. The molecule has 0 saturated carbocycles. The van der Waals surface area contributed by atoms with Crippen LogP contribution < -0.4 is 5.32 Å². The molecule has 260 valence electrons. The number of nitro groups is 1. The maximum absolute atomic E-state index is 11.9. The van der Waals surface area contributed by atoms with Gasteiger partial charge in [-0.2, -0.15) is 21.6 Å². The Hall–Kier alpha value is -1.05. The molecule has 0 fully saturated rings. The van der Waals surface area contributed by atoms with E-state index in [1.165, 1.54) is 18.2 Å². The maximum Gasteiger partial charge on any atom is 0.490 e. The third-order valence-electron chi connectivity index (χ3n) is 4.44. The van der Waals surface area contributed by atoms with E-state index in [1.807, 2.05) is 0 Å². The molecule has 5 unspecified atom stereocenters. The van der Waals surface area contributed by atoms with Crippen molar-refractivity contribution < 1.29 is 97.4 Å². The van der Waals surface area contributed by atoms with Crippen LogP contribution in [0.2, 0.25) is 0 Å². The number of nitrogens with one attached hydrogen (secondary N) is 1. The van der Waals surface area contributed by atoms with Crippen molar-refractivity contribution in [2.45, 2.75) is 38.5 Å². The molecule has 24 nitrogen and oxygen atoms in total. The minimum Gasteiger partial charge on any atom is -0.356 e. The van der Waals surface area contributed by atoms with Gasteiger partial charge in [-0.1, -0.05) is 25.0 Å². The van der Waals surface area contributed by atoms with Gasteiger partial charge in [0.1, 0.15) is 0 Å². The molecule has 0 saturated heterocycles. The van der Waals surface area contributed by atoms with Gasteiger partial charge >= 0.3 is 46.9 Å². The Morgan fingerprint density at radius 3 is 1.73 bits per heavy atom. The molecule has 0 aliphatic rings. The number of non-ortho nitro benzene ring substituents is 1. The van der Waals surface area contributed by atoms with Crippen LogP contribution in [0.25, 0.3) is 0 Å². The highest BCUT2D eigenvalue weighted by Gasteiger charge is 2.49. The van der Waals surface area contributed by atoms with Crippen molar-refractivity contribution >= 4 is 58.5 Å². The first-order valence-electron chi connectivity index (χ1n) is 11.7. The minimum atomic E-state index is -6.34. The highest BCUT2D eigenvalue weighted by Crippen LogP contribution is 2.74. The number of hydrogen-bond acceptors (Lipinski definition) is 15. The summed E-state index contributed by atoms with van der Waals surface area (Å²) < 4.78 is 90.2. The monoisotopic (exact) mass is 774 g/mol. The van der Waals surface area contributed by atoms with Crippen LogP contribution in [0.3, 0.4) is 0 Å². The average molecular weight is 774 g/mol. The molecule has 0 aliphatic heterocycles. The first-order chi connectivity index (χ1) is 20.3. The number of hydrogen-bond donors (Lipinski definition) is 8. The number of benzene rings is 1. The van der Waals surface area contributed by atoms with Gasteiger partial charge in [0.2, 0.25) is 5.91 Å². The number of phosphoric ester groups is 1. The van der Waals surface area contributed by atoms with Gasteiger partial charge in [0.15, 0.2) is 0 Å². The number of nitrogens with zero attached hydrogens (tertiary/aromatic N) is 1. The predicted octanol–water partition coefficient (Wildman–Crippen LogP) is 2.90. The van der Waals surface area contributed by atoms with E-state index in [2.05, 4.69) is 31.4 Å². The van der Waals surface area contributed by atoms with Gasteiger partial charge < -0.3 is 39.6 Å². The number of carbonyl (C=O) groups excluding carboxylic acids is 1. The quantitative estimate of drug-likeness (QED) is 0.0363. The normalized spacial score (nSPS) is 18.8. The van der Waals surface area contributed by atoms with Crippen LogP contribution in [0.1, 0.15) is 37.7 Å². The van der Waals surface area contributed by atoms with E-state index in [0.29, 0.717) is 24.8 Å². The molecule has 30 heteroatoms. The highest BCUT2D eigenvalue weighted by molar-refractivity contribution is 7.72. The number of phosphoric acid groups is 6. The molecule has 0 spiro atoms. The summed E-state index contributed by atoms with van der Waals surface area (Å²) in [6.45, 7) is -0.301. The molecular formula is C15H28N2O22P6. The van der Waals surface area contributed by atoms with Crippen LogP contribution in [0.15, 0.2) is 24.3 Å². The topological polar surface area (TPSA) is 372 Å². The Balaban J connectivity index is 2.38. The highest BCUT2D eigenvalue weighted by atomic mass is 31.3. The lowest BCUT2D eigenvalue weighted by Gasteiger charge is -2.20. The molecule has 1 aromatic carbocycles. The Morgan fingerprint density at radius 1 is 0.733 bits per heavy atom. The zero-order valence-electron chi connectivity index (χ0n) is 22.4. The molecule has 0 radical (unpaired) electrons. The van der Waals surface area contributed by atoms with Crippen LogP contribution in [-0.4, -0.2) is 58.2 Å². The number of nitro benzene ring substituents is 1. The summed E-state index contributed by atoms with van der Waals surface area (Å²) in [6.07, 6.45) is 1.73. The summed E-state index contributed by atoms with van der Waals surface area (Å²) in [6, 6.07) is 5.84. The minimum absolute atomic E-state index is 0.0652. The summed E-state index contributed by atoms with van der Waals surface area (Å²) in [5, 5.41) is 13.4. The van der Waals surface area contributed by atoms with E-state index >= 15 is 0 Å². The lowest BCUT2D eigenvalue weighted by atomic mass is 10.1. The van der Waals surface area contributed by atoms with E-state index in [9.17, 15) is 61.9 Å². The zero-order chi connectivity index (χ0) is 34.7. The van der Waals surface area contributed by atoms with E-state index in [-0.39, 0.29) is 37.4 Å². The number of amides is 1. The first-order valence-corrected chi connectivity index (χ1v) is 20.7. The molecule has 0 heterocycles. The number of aryl methyl sites for hydroxylation is 1. The van der Waals surface area contributed by atoms with Gasteiger partial charge in [-0.3, -0.25) is 19.4 Å². The summed E-state index contributed by atoms with van der Waals surface area (Å²) in [5.74, 6) is -0.298. The summed E-state index contributed by atoms with van der Waals surface area (Å²) in [4.78, 5) is 85.5. The van der Waals surface area contributed by atoms with Crippen LogP contribution in [0.5, 0.6) is 0 Å². The fourth-order valence-electron chi connectivity index (χ4n) is 2.90. The predicted molar refractivity (Wildman–Crippen MR) is 145 cm³/mol. The lowest BCUT2D eigenvalue weighted by molar-refractivity contribution is -0.384. The average Bonchev–Trinajstić information content (AvgIpc) is 2.79. The van der Waals surface area contributed by atoms with Crippen molar-refractivity contribution in [1.82, 2.24) is 5.32 Å². The van der Waals surface area contributed by atoms with Gasteiger partial charge in [-0.05, 0) is 24.8 Å². The smallest absolute Gasteiger partial charge is 0.356 e. The van der Waals surface area contributed by atoms with Gasteiger partial charge in [0.05, 0.1) is 11.5 Å². The van der Waals surface area contributed by atoms with Crippen molar-refractivity contribution in [3.8, 4) is 0 Å². The largest absolute Gasteiger partial charge is 0.490 e. The van der Waals surface area contributed by atoms with Gasteiger partial charge in [0, 0.05) is 25.1 Å². The molecular weight excluding hydrogens is 746 g/mol. The van der Waals surface area contributed by atoms with Gasteiger partial charge in [-0.25, -0.2) is 27.4 Å². The number of rotatable bonds is 22. The molecule has 5 atom stereocenters. The number of unbranched alkanes of at least 4 members (excludes halogenated alkanes) is 3. The second kappa shape index (κ2) is 17.4. The summed E-state index contributed by atoms with van der Waals surface area (Å²) in [5.41, 5.74) is 0.519. The zero-order valence-corrected chi connectivity index (χ0v) is 27.7. The molecule has 1 amide bonds. The molecule has 8 N–H and O–H groups in total. The van der Waals surface area contributed by atoms with Crippen LogP contribution in [0, 0.1) is 10.1 Å². The Labute approximate surface area is 253 Å². The lowest BCUT2D eigenvalue weighted by Crippen LogP contribution is -2.24. The Bertz CT molecular complexity index is 1480. The molecule has 0 aliphatic carbocycles. The van der Waals surface area contributed by atoms with Crippen molar-refractivity contribution in [1.29, 1.82) is 0 Å². The van der Waals surface area contributed by atoms with Crippen LogP contribution in [0.4, 0.5) is 5.69 Å². The second-order valence-corrected chi connectivity index (χ2v) is 17.5. The fraction of sp³-hybridized carbons (Fsp3) is 0.533. The van der Waals surface area contributed by atoms with Gasteiger partial charge in [-0.15, -0.1) is 0 Å². The molecule has 1 rings (SSSR count). The first kappa shape index (κ1) is 42.0. The van der Waals surface area contributed by atoms with E-state index in [0.717, 1.165) is 0 Å². The van der Waals surface area contributed by atoms with E-state index < -0.39 is 58.5 Å². The van der Waals surface area contributed by atoms with Crippen LogP contribution in [-0.2, 0) is 64.7 Å². The van der Waals surface area contributed by atoms with Crippen LogP contribution >= 0.6 is 46.9 Å². The summed E-state index contributed by atoms with van der Waals surface area (Å²) in [7, 11) is -36.3. The third-order valence-corrected chi connectivity index (χ3v) is 13.2.